The van der Waals surface area contributed by atoms with Gasteiger partial charge >= 0.3 is 0 Å². The summed E-state index contributed by atoms with van der Waals surface area (Å²) in [6, 6.07) is 10.8. The Hall–Kier alpha value is -1.63. The van der Waals surface area contributed by atoms with Gasteiger partial charge in [-0.25, -0.2) is 13.1 Å². The number of fused-ring (bicyclic) bond motifs is 2. The second-order valence-corrected chi connectivity index (χ2v) is 7.91. The molecule has 0 radical (unpaired) electrons. The Morgan fingerprint density at radius 2 is 1.96 bits per heavy atom. The van der Waals surface area contributed by atoms with Crippen LogP contribution in [0.15, 0.2) is 41.3 Å². The maximum absolute atomic E-state index is 12.6. The van der Waals surface area contributed by atoms with Crippen LogP contribution in [0.3, 0.4) is 0 Å². The van der Waals surface area contributed by atoms with Crippen LogP contribution in [0.5, 0.6) is 5.75 Å². The van der Waals surface area contributed by atoms with Gasteiger partial charge in [-0.1, -0.05) is 12.1 Å². The first-order valence-corrected chi connectivity index (χ1v) is 9.27. The third-order valence-electron chi connectivity index (χ3n) is 4.90. The van der Waals surface area contributed by atoms with Crippen LogP contribution in [-0.4, -0.2) is 34.3 Å². The van der Waals surface area contributed by atoms with Crippen LogP contribution in [0.2, 0.25) is 0 Å². The van der Waals surface area contributed by atoms with Crippen molar-refractivity contribution in [2.75, 3.05) is 13.7 Å². The Labute approximate surface area is 135 Å². The molecule has 0 aromatic heterocycles. The van der Waals surface area contributed by atoms with Gasteiger partial charge < -0.3 is 9.47 Å². The van der Waals surface area contributed by atoms with Gasteiger partial charge in [0, 0.05) is 18.6 Å². The normalized spacial score (nSPS) is 26.7. The van der Waals surface area contributed by atoms with Crippen LogP contribution in [0.25, 0.3) is 10.8 Å². The highest BCUT2D eigenvalue weighted by Crippen LogP contribution is 2.39. The van der Waals surface area contributed by atoms with Gasteiger partial charge in [-0.15, -0.1) is 0 Å². The van der Waals surface area contributed by atoms with Gasteiger partial charge in [-0.2, -0.15) is 0 Å². The maximum atomic E-state index is 12.6. The number of methoxy groups -OCH3 is 1. The summed E-state index contributed by atoms with van der Waals surface area (Å²) in [5, 5.41) is 1.83. The number of nitrogens with one attached hydrogen (secondary N) is 1. The quantitative estimate of drug-likeness (QED) is 0.932. The molecule has 0 amide bonds. The molecule has 1 saturated carbocycles. The van der Waals surface area contributed by atoms with Crippen LogP contribution in [0, 0.1) is 5.92 Å². The zero-order chi connectivity index (χ0) is 16.0. The Morgan fingerprint density at radius 1 is 1.17 bits per heavy atom. The summed E-state index contributed by atoms with van der Waals surface area (Å²) >= 11 is 0. The van der Waals surface area contributed by atoms with E-state index in [1.165, 1.54) is 0 Å². The second kappa shape index (κ2) is 5.47. The molecule has 5 nitrogen and oxygen atoms in total. The topological polar surface area (TPSA) is 64.6 Å². The largest absolute Gasteiger partial charge is 0.497 e. The lowest BCUT2D eigenvalue weighted by Crippen LogP contribution is -2.53. The molecule has 3 atom stereocenters. The lowest BCUT2D eigenvalue weighted by molar-refractivity contribution is 0.0143. The molecule has 6 heteroatoms. The highest BCUT2D eigenvalue weighted by Gasteiger charge is 2.46. The monoisotopic (exact) mass is 333 g/mol. The Morgan fingerprint density at radius 3 is 2.74 bits per heavy atom. The summed E-state index contributed by atoms with van der Waals surface area (Å²) in [7, 11) is -1.89. The summed E-state index contributed by atoms with van der Waals surface area (Å²) in [5.74, 6) is 1.09. The molecule has 2 aromatic carbocycles. The first-order valence-electron chi connectivity index (χ1n) is 7.78. The van der Waals surface area contributed by atoms with Crippen molar-refractivity contribution >= 4 is 20.8 Å². The fourth-order valence-electron chi connectivity index (χ4n) is 3.50. The van der Waals surface area contributed by atoms with Gasteiger partial charge in [0.15, 0.2) is 0 Å². The summed E-state index contributed by atoms with van der Waals surface area (Å²) < 4.78 is 38.8. The van der Waals surface area contributed by atoms with Crippen LogP contribution in [0.4, 0.5) is 0 Å². The smallest absolute Gasteiger partial charge is 0.240 e. The van der Waals surface area contributed by atoms with Gasteiger partial charge in [0.1, 0.15) is 5.75 Å². The van der Waals surface area contributed by atoms with E-state index in [0.29, 0.717) is 10.8 Å². The molecule has 23 heavy (non-hydrogen) atoms. The van der Waals surface area contributed by atoms with Crippen molar-refractivity contribution in [1.82, 2.24) is 4.72 Å². The van der Waals surface area contributed by atoms with Gasteiger partial charge in [0.25, 0.3) is 0 Å². The van der Waals surface area contributed by atoms with E-state index >= 15 is 0 Å². The number of benzene rings is 2. The summed E-state index contributed by atoms with van der Waals surface area (Å²) in [6.45, 7) is 0.741. The van der Waals surface area contributed by atoms with E-state index in [0.717, 1.165) is 36.0 Å². The molecular weight excluding hydrogens is 314 g/mol. The van der Waals surface area contributed by atoms with E-state index in [2.05, 4.69) is 4.72 Å². The van der Waals surface area contributed by atoms with Crippen molar-refractivity contribution in [1.29, 1.82) is 0 Å². The van der Waals surface area contributed by atoms with E-state index in [1.807, 2.05) is 24.3 Å². The molecule has 1 aliphatic heterocycles. The van der Waals surface area contributed by atoms with Crippen molar-refractivity contribution in [3.63, 3.8) is 0 Å². The first-order chi connectivity index (χ1) is 11.1. The van der Waals surface area contributed by atoms with Crippen molar-refractivity contribution < 1.29 is 17.9 Å². The molecule has 2 aliphatic rings. The number of sulfonamides is 1. The summed E-state index contributed by atoms with van der Waals surface area (Å²) in [4.78, 5) is 0.303. The minimum Gasteiger partial charge on any atom is -0.497 e. The number of ether oxygens (including phenoxy) is 2. The van der Waals surface area contributed by atoms with Crippen LogP contribution in [-0.2, 0) is 14.8 Å². The van der Waals surface area contributed by atoms with Crippen molar-refractivity contribution in [3.8, 4) is 5.75 Å². The zero-order valence-electron chi connectivity index (χ0n) is 12.9. The van der Waals surface area contributed by atoms with Gasteiger partial charge in [0.2, 0.25) is 10.0 Å². The highest BCUT2D eigenvalue weighted by atomic mass is 32.2. The first kappa shape index (κ1) is 14.9. The lowest BCUT2D eigenvalue weighted by atomic mass is 9.77. The van der Waals surface area contributed by atoms with Crippen LogP contribution in [0.1, 0.15) is 12.8 Å². The molecule has 0 bridgehead atoms. The minimum absolute atomic E-state index is 0.000866. The zero-order valence-corrected chi connectivity index (χ0v) is 13.7. The molecule has 0 unspecified atom stereocenters. The fraction of sp³-hybridized carbons (Fsp3) is 0.412. The molecule has 1 saturated heterocycles. The Kier molecular flexibility index (Phi) is 3.55. The molecule has 2 fully saturated rings. The predicted molar refractivity (Wildman–Crippen MR) is 87.1 cm³/mol. The van der Waals surface area contributed by atoms with Crippen LogP contribution >= 0.6 is 0 Å². The van der Waals surface area contributed by atoms with Gasteiger partial charge in [-0.05, 0) is 47.9 Å². The maximum Gasteiger partial charge on any atom is 0.240 e. The average Bonchev–Trinajstić information content (AvgIpc) is 2.93. The molecule has 1 N–H and O–H groups in total. The molecule has 122 valence electrons. The molecule has 0 spiro atoms. The molecule has 4 rings (SSSR count). The van der Waals surface area contributed by atoms with Crippen molar-refractivity contribution in [2.24, 2.45) is 5.92 Å². The Balaban J connectivity index is 1.59. The highest BCUT2D eigenvalue weighted by molar-refractivity contribution is 7.89. The van der Waals surface area contributed by atoms with Crippen molar-refractivity contribution in [3.05, 3.63) is 36.4 Å². The van der Waals surface area contributed by atoms with Gasteiger partial charge in [-0.3, -0.25) is 0 Å². The third-order valence-corrected chi connectivity index (χ3v) is 6.39. The van der Waals surface area contributed by atoms with E-state index in [-0.39, 0.29) is 12.1 Å². The number of rotatable bonds is 4. The summed E-state index contributed by atoms with van der Waals surface area (Å²) in [6.07, 6.45) is 1.95. The molecule has 1 heterocycles. The predicted octanol–water partition coefficient (Wildman–Crippen LogP) is 2.30. The molecule has 1 aliphatic carbocycles. The van der Waals surface area contributed by atoms with E-state index in [9.17, 15) is 8.42 Å². The van der Waals surface area contributed by atoms with Crippen molar-refractivity contribution in [2.45, 2.75) is 29.9 Å². The Bertz CT molecular complexity index is 849. The standard InChI is InChI=1S/C17H19NO4S/c1-21-13-4-2-12-9-14(5-3-11(12)8-13)23(19,20)18-16-10-17-15(16)6-7-22-17/h2-5,8-9,15-18H,6-7,10H2,1H3/t15-,16+,17+/m0/s1. The van der Waals surface area contributed by atoms with Crippen LogP contribution < -0.4 is 9.46 Å². The van der Waals surface area contributed by atoms with E-state index in [1.54, 1.807) is 19.2 Å². The molecule has 2 aromatic rings. The SMILES string of the molecule is COc1ccc2cc(S(=O)(=O)N[C@@H]3C[C@H]4OCC[C@@H]34)ccc2c1. The third kappa shape index (κ3) is 2.60. The molecular formula is C17H19NO4S. The average molecular weight is 333 g/mol. The second-order valence-electron chi connectivity index (χ2n) is 6.20. The summed E-state index contributed by atoms with van der Waals surface area (Å²) in [5.41, 5.74) is 0. The fourth-order valence-corrected chi connectivity index (χ4v) is 4.83. The number of hydrogen-bond donors (Lipinski definition) is 1. The lowest BCUT2D eigenvalue weighted by Gasteiger charge is -2.39. The van der Waals surface area contributed by atoms with E-state index in [4.69, 9.17) is 9.47 Å². The van der Waals surface area contributed by atoms with E-state index < -0.39 is 10.0 Å². The number of hydrogen-bond acceptors (Lipinski definition) is 4. The minimum atomic E-state index is -3.50. The van der Waals surface area contributed by atoms with Gasteiger partial charge in [0.05, 0.1) is 18.1 Å².